The summed E-state index contributed by atoms with van der Waals surface area (Å²) in [4.78, 5) is 12.4. The van der Waals surface area contributed by atoms with Crippen LogP contribution in [0.15, 0.2) is 48.5 Å². The molecule has 0 atom stereocenters. The highest BCUT2D eigenvalue weighted by molar-refractivity contribution is 6.00. The molecule has 3 N–H and O–H groups in total. The van der Waals surface area contributed by atoms with Crippen molar-refractivity contribution in [2.75, 3.05) is 32.1 Å². The SMILES string of the molecule is CCCNCCNC(=O)c1ccccc1Nc1ccc(OC)cc1. The number of ether oxygens (including phenoxy) is 1. The van der Waals surface area contributed by atoms with Crippen molar-refractivity contribution in [2.24, 2.45) is 0 Å². The summed E-state index contributed by atoms with van der Waals surface area (Å²) < 4.78 is 5.16. The molecular weight excluding hydrogens is 302 g/mol. The summed E-state index contributed by atoms with van der Waals surface area (Å²) in [5.74, 6) is 0.719. The molecular formula is C19H25N3O2. The molecule has 0 bridgehead atoms. The van der Waals surface area contributed by atoms with Crippen LogP contribution in [0.3, 0.4) is 0 Å². The van der Waals surface area contributed by atoms with Crippen molar-refractivity contribution in [3.63, 3.8) is 0 Å². The Labute approximate surface area is 143 Å². The van der Waals surface area contributed by atoms with E-state index in [1.807, 2.05) is 48.5 Å². The van der Waals surface area contributed by atoms with Crippen molar-refractivity contribution < 1.29 is 9.53 Å². The lowest BCUT2D eigenvalue weighted by atomic mass is 10.1. The lowest BCUT2D eigenvalue weighted by molar-refractivity contribution is 0.0955. The molecule has 5 nitrogen and oxygen atoms in total. The van der Waals surface area contributed by atoms with Gasteiger partial charge >= 0.3 is 0 Å². The number of nitrogens with one attached hydrogen (secondary N) is 3. The molecule has 0 saturated carbocycles. The van der Waals surface area contributed by atoms with Crippen LogP contribution in [-0.2, 0) is 0 Å². The molecule has 0 aliphatic rings. The molecule has 128 valence electrons. The standard InChI is InChI=1S/C19H25N3O2/c1-3-12-20-13-14-21-19(23)17-6-4-5-7-18(17)22-15-8-10-16(24-2)11-9-15/h4-11,20,22H,3,12-14H2,1-2H3,(H,21,23). The third-order valence-electron chi connectivity index (χ3n) is 3.55. The van der Waals surface area contributed by atoms with Crippen molar-refractivity contribution in [2.45, 2.75) is 13.3 Å². The number of benzene rings is 2. The normalized spacial score (nSPS) is 10.2. The minimum Gasteiger partial charge on any atom is -0.497 e. The lowest BCUT2D eigenvalue weighted by Crippen LogP contribution is -2.32. The number of carbonyl (C=O) groups is 1. The molecule has 2 aromatic rings. The van der Waals surface area contributed by atoms with E-state index in [2.05, 4.69) is 22.9 Å². The molecule has 0 spiro atoms. The average Bonchev–Trinajstić information content (AvgIpc) is 2.62. The van der Waals surface area contributed by atoms with Crippen LogP contribution in [0.25, 0.3) is 0 Å². The van der Waals surface area contributed by atoms with Gasteiger partial charge in [0.1, 0.15) is 5.75 Å². The zero-order valence-corrected chi connectivity index (χ0v) is 14.3. The van der Waals surface area contributed by atoms with Gasteiger partial charge in [0.2, 0.25) is 0 Å². The number of amides is 1. The number of hydrogen-bond acceptors (Lipinski definition) is 4. The number of carbonyl (C=O) groups excluding carboxylic acids is 1. The van der Waals surface area contributed by atoms with E-state index in [1.54, 1.807) is 7.11 Å². The molecule has 0 fully saturated rings. The minimum atomic E-state index is -0.0788. The van der Waals surface area contributed by atoms with Crippen molar-refractivity contribution >= 4 is 17.3 Å². The first-order valence-electron chi connectivity index (χ1n) is 8.23. The lowest BCUT2D eigenvalue weighted by Gasteiger charge is -2.13. The smallest absolute Gasteiger partial charge is 0.253 e. The molecule has 0 aromatic heterocycles. The Morgan fingerprint density at radius 2 is 1.75 bits per heavy atom. The topological polar surface area (TPSA) is 62.4 Å². The summed E-state index contributed by atoms with van der Waals surface area (Å²) >= 11 is 0. The Kier molecular flexibility index (Phi) is 7.11. The molecule has 2 rings (SSSR count). The van der Waals surface area contributed by atoms with E-state index < -0.39 is 0 Å². The Morgan fingerprint density at radius 3 is 2.46 bits per heavy atom. The van der Waals surface area contributed by atoms with E-state index in [0.717, 1.165) is 36.6 Å². The largest absolute Gasteiger partial charge is 0.497 e. The third-order valence-corrected chi connectivity index (χ3v) is 3.55. The van der Waals surface area contributed by atoms with Crippen molar-refractivity contribution in [3.8, 4) is 5.75 Å². The van der Waals surface area contributed by atoms with Crippen LogP contribution in [0, 0.1) is 0 Å². The molecule has 5 heteroatoms. The Bertz CT molecular complexity index is 641. The average molecular weight is 327 g/mol. The predicted octanol–water partition coefficient (Wildman–Crippen LogP) is 3.17. The highest BCUT2D eigenvalue weighted by Gasteiger charge is 2.10. The maximum Gasteiger partial charge on any atom is 0.253 e. The van der Waals surface area contributed by atoms with Crippen molar-refractivity contribution in [1.29, 1.82) is 0 Å². The molecule has 0 radical (unpaired) electrons. The molecule has 0 aliphatic heterocycles. The first kappa shape index (κ1) is 17.8. The second kappa shape index (κ2) is 9.57. The number of rotatable bonds is 9. The number of hydrogen-bond donors (Lipinski definition) is 3. The molecule has 1 amide bonds. The Balaban J connectivity index is 1.99. The highest BCUT2D eigenvalue weighted by atomic mass is 16.5. The zero-order chi connectivity index (χ0) is 17.2. The quantitative estimate of drug-likeness (QED) is 0.619. The van der Waals surface area contributed by atoms with E-state index in [0.29, 0.717) is 12.1 Å². The van der Waals surface area contributed by atoms with Gasteiger partial charge in [0.25, 0.3) is 5.91 Å². The van der Waals surface area contributed by atoms with Crippen LogP contribution in [0.5, 0.6) is 5.75 Å². The first-order chi connectivity index (χ1) is 11.7. The van der Waals surface area contributed by atoms with Gasteiger partial charge in [-0.25, -0.2) is 0 Å². The van der Waals surface area contributed by atoms with Gasteiger partial charge < -0.3 is 20.7 Å². The van der Waals surface area contributed by atoms with E-state index in [-0.39, 0.29) is 5.91 Å². The number of methoxy groups -OCH3 is 1. The van der Waals surface area contributed by atoms with E-state index >= 15 is 0 Å². The fourth-order valence-electron chi connectivity index (χ4n) is 2.28. The Hall–Kier alpha value is -2.53. The van der Waals surface area contributed by atoms with Crippen LogP contribution < -0.4 is 20.7 Å². The van der Waals surface area contributed by atoms with E-state index in [4.69, 9.17) is 4.74 Å². The summed E-state index contributed by atoms with van der Waals surface area (Å²) in [6, 6.07) is 15.1. The maximum absolute atomic E-state index is 12.4. The summed E-state index contributed by atoms with van der Waals surface area (Å²) in [6.07, 6.45) is 1.09. The van der Waals surface area contributed by atoms with Gasteiger partial charge in [-0.15, -0.1) is 0 Å². The summed E-state index contributed by atoms with van der Waals surface area (Å²) in [5.41, 5.74) is 2.31. The third kappa shape index (κ3) is 5.28. The predicted molar refractivity (Wildman–Crippen MR) is 98.2 cm³/mol. The summed E-state index contributed by atoms with van der Waals surface area (Å²) in [5, 5.41) is 9.49. The monoisotopic (exact) mass is 327 g/mol. The van der Waals surface area contributed by atoms with Gasteiger partial charge in [-0.2, -0.15) is 0 Å². The maximum atomic E-state index is 12.4. The molecule has 2 aromatic carbocycles. The van der Waals surface area contributed by atoms with Gasteiger partial charge in [-0.05, 0) is 49.4 Å². The van der Waals surface area contributed by atoms with E-state index in [1.165, 1.54) is 0 Å². The molecule has 0 saturated heterocycles. The van der Waals surface area contributed by atoms with Crippen LogP contribution >= 0.6 is 0 Å². The van der Waals surface area contributed by atoms with Gasteiger partial charge in [-0.3, -0.25) is 4.79 Å². The van der Waals surface area contributed by atoms with Gasteiger partial charge in [0, 0.05) is 18.8 Å². The van der Waals surface area contributed by atoms with Crippen molar-refractivity contribution in [1.82, 2.24) is 10.6 Å². The highest BCUT2D eigenvalue weighted by Crippen LogP contribution is 2.22. The minimum absolute atomic E-state index is 0.0788. The number of anilines is 2. The van der Waals surface area contributed by atoms with Crippen LogP contribution in [0.1, 0.15) is 23.7 Å². The van der Waals surface area contributed by atoms with Gasteiger partial charge in [-0.1, -0.05) is 19.1 Å². The van der Waals surface area contributed by atoms with Gasteiger partial charge in [0.05, 0.1) is 18.4 Å². The Morgan fingerprint density at radius 1 is 1.00 bits per heavy atom. The van der Waals surface area contributed by atoms with E-state index in [9.17, 15) is 4.79 Å². The molecule has 0 unspecified atom stereocenters. The van der Waals surface area contributed by atoms with Crippen molar-refractivity contribution in [3.05, 3.63) is 54.1 Å². The molecule has 0 heterocycles. The fraction of sp³-hybridized carbons (Fsp3) is 0.316. The van der Waals surface area contributed by atoms with Crippen LogP contribution in [0.2, 0.25) is 0 Å². The summed E-state index contributed by atoms with van der Waals surface area (Å²) in [7, 11) is 1.64. The zero-order valence-electron chi connectivity index (χ0n) is 14.3. The molecule has 0 aliphatic carbocycles. The summed E-state index contributed by atoms with van der Waals surface area (Å²) in [6.45, 7) is 4.46. The second-order valence-electron chi connectivity index (χ2n) is 5.40. The fourth-order valence-corrected chi connectivity index (χ4v) is 2.28. The molecule has 24 heavy (non-hydrogen) atoms. The van der Waals surface area contributed by atoms with Gasteiger partial charge in [0.15, 0.2) is 0 Å². The first-order valence-corrected chi connectivity index (χ1v) is 8.23. The second-order valence-corrected chi connectivity index (χ2v) is 5.40. The van der Waals surface area contributed by atoms with Crippen LogP contribution in [-0.4, -0.2) is 32.7 Å². The number of para-hydroxylation sites is 1. The van der Waals surface area contributed by atoms with Crippen LogP contribution in [0.4, 0.5) is 11.4 Å².